The Labute approximate surface area is 103 Å². The molecule has 2 N–H and O–H groups in total. The van der Waals surface area contributed by atoms with Crippen molar-refractivity contribution in [2.75, 3.05) is 0 Å². The fourth-order valence-corrected chi connectivity index (χ4v) is 3.84. The quantitative estimate of drug-likeness (QED) is 0.848. The van der Waals surface area contributed by atoms with Crippen LogP contribution in [-0.4, -0.2) is 24.2 Å². The molecule has 0 atom stereocenters. The normalized spacial score (nSPS) is 13.0. The molecule has 0 saturated heterocycles. The third-order valence-corrected chi connectivity index (χ3v) is 4.58. The first-order valence-electron chi connectivity index (χ1n) is 5.75. The van der Waals surface area contributed by atoms with Gasteiger partial charge in [0.25, 0.3) is 0 Å². The van der Waals surface area contributed by atoms with Gasteiger partial charge in [0.05, 0.1) is 11.4 Å². The molecule has 0 unspecified atom stereocenters. The number of aromatic amines is 1. The van der Waals surface area contributed by atoms with Crippen molar-refractivity contribution >= 4 is 10.0 Å². The van der Waals surface area contributed by atoms with Crippen molar-refractivity contribution in [2.45, 2.75) is 57.9 Å². The lowest BCUT2D eigenvalue weighted by Gasteiger charge is -2.25. The van der Waals surface area contributed by atoms with Gasteiger partial charge in [0, 0.05) is 5.54 Å². The molecule has 17 heavy (non-hydrogen) atoms. The third-order valence-electron chi connectivity index (χ3n) is 2.61. The number of hydrogen-bond acceptors (Lipinski definition) is 3. The first-order valence-corrected chi connectivity index (χ1v) is 7.23. The van der Waals surface area contributed by atoms with Gasteiger partial charge in [-0.1, -0.05) is 13.3 Å². The van der Waals surface area contributed by atoms with Crippen molar-refractivity contribution in [3.63, 3.8) is 0 Å². The summed E-state index contributed by atoms with van der Waals surface area (Å²) < 4.78 is 27.2. The van der Waals surface area contributed by atoms with Crippen LogP contribution in [0.4, 0.5) is 0 Å². The van der Waals surface area contributed by atoms with E-state index in [9.17, 15) is 8.42 Å². The van der Waals surface area contributed by atoms with E-state index in [-0.39, 0.29) is 4.90 Å². The van der Waals surface area contributed by atoms with Gasteiger partial charge in [-0.2, -0.15) is 5.10 Å². The van der Waals surface area contributed by atoms with Gasteiger partial charge >= 0.3 is 0 Å². The van der Waals surface area contributed by atoms with Crippen LogP contribution in [0, 0.1) is 13.8 Å². The number of aryl methyl sites for hydroxylation is 2. The molecule has 1 rings (SSSR count). The average molecular weight is 259 g/mol. The number of rotatable bonds is 5. The van der Waals surface area contributed by atoms with Crippen LogP contribution in [0.1, 0.15) is 45.0 Å². The highest BCUT2D eigenvalue weighted by Gasteiger charge is 2.29. The number of nitrogens with zero attached hydrogens (tertiary/aromatic N) is 1. The number of hydrogen-bond donors (Lipinski definition) is 2. The molecule has 0 aliphatic heterocycles. The van der Waals surface area contributed by atoms with Crippen LogP contribution >= 0.6 is 0 Å². The van der Waals surface area contributed by atoms with Crippen molar-refractivity contribution in [2.24, 2.45) is 0 Å². The zero-order valence-electron chi connectivity index (χ0n) is 11.1. The van der Waals surface area contributed by atoms with E-state index >= 15 is 0 Å². The molecule has 1 aromatic heterocycles. The van der Waals surface area contributed by atoms with Crippen LogP contribution in [0.15, 0.2) is 4.90 Å². The standard InChI is InChI=1S/C11H21N3O2S/c1-6-7-11(4,5)14-17(15,16)10-8(2)12-13-9(10)3/h14H,6-7H2,1-5H3,(H,12,13). The zero-order chi connectivity index (χ0) is 13.3. The van der Waals surface area contributed by atoms with Gasteiger partial charge in [-0.25, -0.2) is 13.1 Å². The van der Waals surface area contributed by atoms with E-state index in [4.69, 9.17) is 0 Å². The molecule has 6 heteroatoms. The van der Waals surface area contributed by atoms with Crippen LogP contribution in [0.25, 0.3) is 0 Å². The largest absolute Gasteiger partial charge is 0.281 e. The lowest BCUT2D eigenvalue weighted by Crippen LogP contribution is -2.43. The van der Waals surface area contributed by atoms with Crippen LogP contribution in [0.3, 0.4) is 0 Å². The highest BCUT2D eigenvalue weighted by molar-refractivity contribution is 7.89. The van der Waals surface area contributed by atoms with E-state index in [0.717, 1.165) is 12.8 Å². The number of H-pyrrole nitrogens is 1. The summed E-state index contributed by atoms with van der Waals surface area (Å²) in [5.74, 6) is 0. The van der Waals surface area contributed by atoms with E-state index < -0.39 is 15.6 Å². The summed E-state index contributed by atoms with van der Waals surface area (Å²) >= 11 is 0. The van der Waals surface area contributed by atoms with Gasteiger partial charge in [0.15, 0.2) is 0 Å². The maximum atomic E-state index is 12.3. The topological polar surface area (TPSA) is 74.8 Å². The molecule has 0 amide bonds. The lowest BCUT2D eigenvalue weighted by atomic mass is 10.0. The second-order valence-corrected chi connectivity index (χ2v) is 6.62. The van der Waals surface area contributed by atoms with Crippen LogP contribution in [0.2, 0.25) is 0 Å². The minimum Gasteiger partial charge on any atom is -0.281 e. The molecule has 0 fully saturated rings. The predicted molar refractivity (Wildman–Crippen MR) is 67.4 cm³/mol. The van der Waals surface area contributed by atoms with E-state index in [1.54, 1.807) is 13.8 Å². The highest BCUT2D eigenvalue weighted by Crippen LogP contribution is 2.20. The summed E-state index contributed by atoms with van der Waals surface area (Å²) in [6.45, 7) is 9.20. The molecule has 0 aliphatic rings. The van der Waals surface area contributed by atoms with Crippen molar-refractivity contribution in [3.05, 3.63) is 11.4 Å². The summed E-state index contributed by atoms with van der Waals surface area (Å²) in [6, 6.07) is 0. The van der Waals surface area contributed by atoms with Gasteiger partial charge < -0.3 is 0 Å². The van der Waals surface area contributed by atoms with E-state index in [1.165, 1.54) is 0 Å². The SMILES string of the molecule is CCCC(C)(C)NS(=O)(=O)c1c(C)n[nH]c1C. The Morgan fingerprint density at radius 2 is 1.94 bits per heavy atom. The molecular formula is C11H21N3O2S. The Kier molecular flexibility index (Phi) is 3.99. The van der Waals surface area contributed by atoms with Crippen LogP contribution in [-0.2, 0) is 10.0 Å². The van der Waals surface area contributed by atoms with Crippen molar-refractivity contribution in [1.29, 1.82) is 0 Å². The van der Waals surface area contributed by atoms with Crippen LogP contribution < -0.4 is 4.72 Å². The van der Waals surface area contributed by atoms with Crippen LogP contribution in [0.5, 0.6) is 0 Å². The summed E-state index contributed by atoms with van der Waals surface area (Å²) in [5, 5.41) is 6.61. The molecule has 0 radical (unpaired) electrons. The molecule has 0 spiro atoms. The second-order valence-electron chi connectivity index (χ2n) is 5.00. The van der Waals surface area contributed by atoms with Crippen molar-refractivity contribution in [3.8, 4) is 0 Å². The van der Waals surface area contributed by atoms with Crippen molar-refractivity contribution in [1.82, 2.24) is 14.9 Å². The minimum atomic E-state index is -3.50. The smallest absolute Gasteiger partial charge is 0.244 e. The van der Waals surface area contributed by atoms with Gasteiger partial charge in [-0.05, 0) is 34.1 Å². The highest BCUT2D eigenvalue weighted by atomic mass is 32.2. The third kappa shape index (κ3) is 3.29. The number of nitrogens with one attached hydrogen (secondary N) is 2. The Morgan fingerprint density at radius 1 is 1.35 bits per heavy atom. The minimum absolute atomic E-state index is 0.265. The summed E-state index contributed by atoms with van der Waals surface area (Å²) in [7, 11) is -3.50. The monoisotopic (exact) mass is 259 g/mol. The molecule has 0 aliphatic carbocycles. The Morgan fingerprint density at radius 3 is 2.35 bits per heavy atom. The zero-order valence-corrected chi connectivity index (χ0v) is 11.9. The second kappa shape index (κ2) is 4.78. The Hall–Kier alpha value is -0.880. The molecule has 1 aromatic rings. The summed E-state index contributed by atoms with van der Waals surface area (Å²) in [6.07, 6.45) is 1.72. The first kappa shape index (κ1) is 14.2. The maximum Gasteiger partial charge on any atom is 0.244 e. The molecular weight excluding hydrogens is 238 g/mol. The molecule has 0 bridgehead atoms. The molecule has 0 saturated carbocycles. The van der Waals surface area contributed by atoms with Crippen molar-refractivity contribution < 1.29 is 8.42 Å². The molecule has 1 heterocycles. The summed E-state index contributed by atoms with van der Waals surface area (Å²) in [4.78, 5) is 0.265. The molecule has 5 nitrogen and oxygen atoms in total. The lowest BCUT2D eigenvalue weighted by molar-refractivity contribution is 0.417. The maximum absolute atomic E-state index is 12.3. The fourth-order valence-electron chi connectivity index (χ4n) is 2.03. The van der Waals surface area contributed by atoms with Gasteiger partial charge in [0.2, 0.25) is 10.0 Å². The van der Waals surface area contributed by atoms with Gasteiger partial charge in [-0.3, -0.25) is 5.10 Å². The van der Waals surface area contributed by atoms with E-state index in [0.29, 0.717) is 11.4 Å². The van der Waals surface area contributed by atoms with Gasteiger partial charge in [-0.15, -0.1) is 0 Å². The van der Waals surface area contributed by atoms with Gasteiger partial charge in [0.1, 0.15) is 4.90 Å². The van der Waals surface area contributed by atoms with E-state index in [1.807, 2.05) is 20.8 Å². The molecule has 0 aromatic carbocycles. The molecule has 98 valence electrons. The predicted octanol–water partition coefficient (Wildman–Crippen LogP) is 1.88. The fraction of sp³-hybridized carbons (Fsp3) is 0.727. The number of aromatic nitrogens is 2. The average Bonchev–Trinajstić information content (AvgIpc) is 2.43. The van der Waals surface area contributed by atoms with E-state index in [2.05, 4.69) is 14.9 Å². The first-order chi connectivity index (χ1) is 7.69. The Bertz CT molecular complexity index is 469. The summed E-state index contributed by atoms with van der Waals surface area (Å²) in [5.41, 5.74) is 0.633. The number of sulfonamides is 1. The Balaban J connectivity index is 3.06.